The first kappa shape index (κ1) is 15.4. The molecule has 19 heavy (non-hydrogen) atoms. The van der Waals surface area contributed by atoms with E-state index in [2.05, 4.69) is 5.32 Å². The van der Waals surface area contributed by atoms with E-state index in [0.29, 0.717) is 5.56 Å². The van der Waals surface area contributed by atoms with Gasteiger partial charge in [0.15, 0.2) is 5.78 Å². The Morgan fingerprint density at radius 1 is 1.26 bits per heavy atom. The molecular formula is C15H22N2O2. The lowest BCUT2D eigenvalue weighted by Gasteiger charge is -2.19. The van der Waals surface area contributed by atoms with Crippen LogP contribution in [0.25, 0.3) is 0 Å². The molecule has 0 aliphatic rings. The van der Waals surface area contributed by atoms with Gasteiger partial charge in [0, 0.05) is 12.6 Å². The zero-order valence-electron chi connectivity index (χ0n) is 11.9. The fourth-order valence-corrected chi connectivity index (χ4v) is 1.93. The second-order valence-electron chi connectivity index (χ2n) is 4.68. The van der Waals surface area contributed by atoms with Crippen molar-refractivity contribution in [3.05, 3.63) is 35.4 Å². The maximum Gasteiger partial charge on any atom is 0.233 e. The fraction of sp³-hybridized carbons (Fsp3) is 0.467. The average molecular weight is 262 g/mol. The largest absolute Gasteiger partial charge is 0.358 e. The summed E-state index contributed by atoms with van der Waals surface area (Å²) in [5, 5.41) is 2.58. The van der Waals surface area contributed by atoms with Gasteiger partial charge < -0.3 is 5.32 Å². The van der Waals surface area contributed by atoms with E-state index in [0.717, 1.165) is 18.5 Å². The SMILES string of the molecule is CCCN(CC(=O)NC)CC(=O)c1cccc(C)c1. The molecule has 0 saturated heterocycles. The third-order valence-electron chi connectivity index (χ3n) is 2.89. The molecule has 0 atom stereocenters. The third kappa shape index (κ3) is 5.22. The van der Waals surface area contributed by atoms with E-state index < -0.39 is 0 Å². The van der Waals surface area contributed by atoms with E-state index in [-0.39, 0.29) is 24.8 Å². The first-order valence-electron chi connectivity index (χ1n) is 6.59. The highest BCUT2D eigenvalue weighted by molar-refractivity contribution is 5.98. The molecule has 4 nitrogen and oxygen atoms in total. The van der Waals surface area contributed by atoms with E-state index in [1.165, 1.54) is 0 Å². The number of hydrogen-bond acceptors (Lipinski definition) is 3. The second kappa shape index (κ2) is 7.69. The van der Waals surface area contributed by atoms with E-state index in [1.54, 1.807) is 7.05 Å². The number of rotatable bonds is 7. The molecule has 0 saturated carbocycles. The Balaban J connectivity index is 2.67. The van der Waals surface area contributed by atoms with Gasteiger partial charge in [-0.3, -0.25) is 14.5 Å². The number of nitrogens with zero attached hydrogens (tertiary/aromatic N) is 1. The maximum atomic E-state index is 12.2. The summed E-state index contributed by atoms with van der Waals surface area (Å²) in [7, 11) is 1.61. The summed E-state index contributed by atoms with van der Waals surface area (Å²) in [5.74, 6) is -0.00783. The Labute approximate surface area is 114 Å². The van der Waals surface area contributed by atoms with Crippen LogP contribution in [-0.2, 0) is 4.79 Å². The van der Waals surface area contributed by atoms with Crippen molar-refractivity contribution in [3.8, 4) is 0 Å². The lowest BCUT2D eigenvalue weighted by atomic mass is 10.1. The molecule has 0 fully saturated rings. The highest BCUT2D eigenvalue weighted by Gasteiger charge is 2.14. The van der Waals surface area contributed by atoms with E-state index >= 15 is 0 Å². The molecule has 0 aromatic heterocycles. The average Bonchev–Trinajstić information content (AvgIpc) is 2.38. The monoisotopic (exact) mass is 262 g/mol. The van der Waals surface area contributed by atoms with Crippen LogP contribution in [0.3, 0.4) is 0 Å². The minimum Gasteiger partial charge on any atom is -0.358 e. The smallest absolute Gasteiger partial charge is 0.233 e. The molecule has 1 amide bonds. The zero-order valence-corrected chi connectivity index (χ0v) is 11.9. The first-order chi connectivity index (χ1) is 9.06. The molecular weight excluding hydrogens is 240 g/mol. The second-order valence-corrected chi connectivity index (χ2v) is 4.68. The molecule has 0 aliphatic heterocycles. The number of ketones is 1. The molecule has 0 aliphatic carbocycles. The van der Waals surface area contributed by atoms with Crippen LogP contribution in [0, 0.1) is 6.92 Å². The molecule has 0 radical (unpaired) electrons. The topological polar surface area (TPSA) is 49.4 Å². The lowest BCUT2D eigenvalue weighted by Crippen LogP contribution is -2.39. The molecule has 1 aromatic carbocycles. The molecule has 0 bridgehead atoms. The summed E-state index contributed by atoms with van der Waals surface area (Å²) >= 11 is 0. The molecule has 1 aromatic rings. The van der Waals surface area contributed by atoms with Gasteiger partial charge in [0.05, 0.1) is 13.1 Å². The van der Waals surface area contributed by atoms with Gasteiger partial charge in [-0.05, 0) is 26.0 Å². The summed E-state index contributed by atoms with van der Waals surface area (Å²) < 4.78 is 0. The molecule has 104 valence electrons. The number of amides is 1. The van der Waals surface area contributed by atoms with Gasteiger partial charge in [0.1, 0.15) is 0 Å². The summed E-state index contributed by atoms with van der Waals surface area (Å²) in [6.07, 6.45) is 0.915. The van der Waals surface area contributed by atoms with Crippen molar-refractivity contribution in [2.24, 2.45) is 0 Å². The number of carbonyl (C=O) groups excluding carboxylic acids is 2. The molecule has 0 heterocycles. The highest BCUT2D eigenvalue weighted by atomic mass is 16.2. The minimum atomic E-state index is -0.0644. The van der Waals surface area contributed by atoms with Gasteiger partial charge in [-0.15, -0.1) is 0 Å². The fourth-order valence-electron chi connectivity index (χ4n) is 1.93. The van der Waals surface area contributed by atoms with Gasteiger partial charge >= 0.3 is 0 Å². The number of nitrogens with one attached hydrogen (secondary N) is 1. The molecule has 1 rings (SSSR count). The van der Waals surface area contributed by atoms with Gasteiger partial charge in [0.2, 0.25) is 5.91 Å². The molecule has 1 N–H and O–H groups in total. The van der Waals surface area contributed by atoms with Crippen LogP contribution in [0.4, 0.5) is 0 Å². The number of aryl methyl sites for hydroxylation is 1. The Morgan fingerprint density at radius 3 is 2.58 bits per heavy atom. The van der Waals surface area contributed by atoms with E-state index in [1.807, 2.05) is 43.0 Å². The van der Waals surface area contributed by atoms with Crippen LogP contribution in [0.15, 0.2) is 24.3 Å². The van der Waals surface area contributed by atoms with Crippen molar-refractivity contribution < 1.29 is 9.59 Å². The van der Waals surface area contributed by atoms with Crippen molar-refractivity contribution in [2.45, 2.75) is 20.3 Å². The number of carbonyl (C=O) groups is 2. The predicted octanol–water partition coefficient (Wildman–Crippen LogP) is 1.64. The number of likely N-dealkylation sites (N-methyl/N-ethyl adjacent to an activating group) is 1. The normalized spacial score (nSPS) is 10.5. The summed E-state index contributed by atoms with van der Waals surface area (Å²) in [6, 6.07) is 7.54. The van der Waals surface area contributed by atoms with Crippen LogP contribution in [0.5, 0.6) is 0 Å². The number of benzene rings is 1. The maximum absolute atomic E-state index is 12.2. The third-order valence-corrected chi connectivity index (χ3v) is 2.89. The van der Waals surface area contributed by atoms with Gasteiger partial charge in [-0.25, -0.2) is 0 Å². The quantitative estimate of drug-likeness (QED) is 0.760. The van der Waals surface area contributed by atoms with Crippen LogP contribution >= 0.6 is 0 Å². The van der Waals surface area contributed by atoms with Crippen LogP contribution in [0.1, 0.15) is 29.3 Å². The van der Waals surface area contributed by atoms with Crippen molar-refractivity contribution in [3.63, 3.8) is 0 Å². The van der Waals surface area contributed by atoms with Crippen molar-refractivity contribution in [1.82, 2.24) is 10.2 Å². The predicted molar refractivity (Wildman–Crippen MR) is 76.3 cm³/mol. The van der Waals surface area contributed by atoms with Crippen molar-refractivity contribution >= 4 is 11.7 Å². The Kier molecular flexibility index (Phi) is 6.22. The lowest BCUT2D eigenvalue weighted by molar-refractivity contribution is -0.121. The van der Waals surface area contributed by atoms with Crippen molar-refractivity contribution in [1.29, 1.82) is 0 Å². The van der Waals surface area contributed by atoms with Crippen LogP contribution in [-0.4, -0.2) is 43.3 Å². The highest BCUT2D eigenvalue weighted by Crippen LogP contribution is 2.06. The Bertz CT molecular complexity index is 444. The molecule has 0 spiro atoms. The number of hydrogen-bond donors (Lipinski definition) is 1. The summed E-state index contributed by atoms with van der Waals surface area (Å²) in [6.45, 7) is 5.29. The Morgan fingerprint density at radius 2 is 2.00 bits per heavy atom. The minimum absolute atomic E-state index is 0.0565. The van der Waals surface area contributed by atoms with Gasteiger partial charge in [0.25, 0.3) is 0 Å². The van der Waals surface area contributed by atoms with E-state index in [4.69, 9.17) is 0 Å². The standard InChI is InChI=1S/C15H22N2O2/c1-4-8-17(11-15(19)16-3)10-14(18)13-7-5-6-12(2)9-13/h5-7,9H,4,8,10-11H2,1-3H3,(H,16,19). The first-order valence-corrected chi connectivity index (χ1v) is 6.59. The summed E-state index contributed by atoms with van der Waals surface area (Å²) in [5.41, 5.74) is 1.78. The van der Waals surface area contributed by atoms with Gasteiger partial charge in [-0.1, -0.05) is 30.7 Å². The molecule has 0 unspecified atom stereocenters. The van der Waals surface area contributed by atoms with Crippen LogP contribution < -0.4 is 5.32 Å². The van der Waals surface area contributed by atoms with E-state index in [9.17, 15) is 9.59 Å². The van der Waals surface area contributed by atoms with Crippen LogP contribution in [0.2, 0.25) is 0 Å². The molecule has 4 heteroatoms. The Hall–Kier alpha value is -1.68. The van der Waals surface area contributed by atoms with Gasteiger partial charge in [-0.2, -0.15) is 0 Å². The zero-order chi connectivity index (χ0) is 14.3. The number of Topliss-reactive ketones (excluding diaryl/α,β-unsaturated/α-hetero) is 1. The van der Waals surface area contributed by atoms with Crippen molar-refractivity contribution in [2.75, 3.05) is 26.7 Å². The summed E-state index contributed by atoms with van der Waals surface area (Å²) in [4.78, 5) is 25.5.